The number of rotatable bonds is 4. The standard InChI is InChI=1S/C24H26N4O2.2ClH/c1-27-12-18-13-28(14-20(18)23(27)17-8-10-19(30-2)11-9-17)24(29)22-21(25-15-26-22)16-6-4-3-5-7-16;;/h3-11,15,18,20,23H,12-14H2,1-2H3,(H,25,26);2*1H/t18-,20+,23+;;/m0../s1. The van der Waals surface area contributed by atoms with Crippen LogP contribution in [-0.4, -0.2) is 59.5 Å². The van der Waals surface area contributed by atoms with E-state index < -0.39 is 0 Å². The van der Waals surface area contributed by atoms with Gasteiger partial charge in [0.2, 0.25) is 0 Å². The van der Waals surface area contributed by atoms with Crippen molar-refractivity contribution in [3.05, 3.63) is 72.2 Å². The van der Waals surface area contributed by atoms with E-state index in [0.717, 1.165) is 36.6 Å². The average molecular weight is 475 g/mol. The van der Waals surface area contributed by atoms with E-state index >= 15 is 0 Å². The summed E-state index contributed by atoms with van der Waals surface area (Å²) >= 11 is 0. The van der Waals surface area contributed by atoms with Gasteiger partial charge >= 0.3 is 0 Å². The van der Waals surface area contributed by atoms with Crippen molar-refractivity contribution in [2.75, 3.05) is 33.8 Å². The molecule has 2 aliphatic rings. The Labute approximate surface area is 200 Å². The smallest absolute Gasteiger partial charge is 0.272 e. The molecule has 170 valence electrons. The monoisotopic (exact) mass is 474 g/mol. The lowest BCUT2D eigenvalue weighted by Crippen LogP contribution is -2.33. The molecule has 2 aliphatic heterocycles. The molecule has 0 bridgehead atoms. The molecule has 6 nitrogen and oxygen atoms in total. The average Bonchev–Trinajstić information content (AvgIpc) is 3.48. The summed E-state index contributed by atoms with van der Waals surface area (Å²) < 4.78 is 5.31. The van der Waals surface area contributed by atoms with Crippen molar-refractivity contribution < 1.29 is 9.53 Å². The minimum Gasteiger partial charge on any atom is -0.497 e. The number of halogens is 2. The lowest BCUT2D eigenvalue weighted by atomic mass is 9.89. The second kappa shape index (κ2) is 9.94. The maximum Gasteiger partial charge on any atom is 0.272 e. The molecule has 1 aromatic heterocycles. The number of amides is 1. The van der Waals surface area contributed by atoms with Crippen LogP contribution in [-0.2, 0) is 0 Å². The van der Waals surface area contributed by atoms with Crippen molar-refractivity contribution in [2.24, 2.45) is 11.8 Å². The van der Waals surface area contributed by atoms with Crippen LogP contribution in [0, 0.1) is 11.8 Å². The highest BCUT2D eigenvalue weighted by Gasteiger charge is 2.47. The molecule has 0 spiro atoms. The number of nitrogens with zero attached hydrogens (tertiary/aromatic N) is 3. The summed E-state index contributed by atoms with van der Waals surface area (Å²) in [5.74, 6) is 1.81. The highest BCUT2D eigenvalue weighted by molar-refractivity contribution is 5.98. The largest absolute Gasteiger partial charge is 0.497 e. The van der Waals surface area contributed by atoms with Crippen molar-refractivity contribution >= 4 is 30.7 Å². The Morgan fingerprint density at radius 2 is 1.75 bits per heavy atom. The first-order valence-corrected chi connectivity index (χ1v) is 10.4. The van der Waals surface area contributed by atoms with Gasteiger partial charge < -0.3 is 14.6 Å². The molecule has 0 radical (unpaired) electrons. The van der Waals surface area contributed by atoms with Gasteiger partial charge in [0, 0.05) is 37.2 Å². The van der Waals surface area contributed by atoms with Gasteiger partial charge in [-0.15, -0.1) is 24.8 Å². The maximum atomic E-state index is 13.4. The summed E-state index contributed by atoms with van der Waals surface area (Å²) in [4.78, 5) is 25.3. The number of aromatic amines is 1. The van der Waals surface area contributed by atoms with Crippen LogP contribution in [0.1, 0.15) is 22.1 Å². The molecule has 2 saturated heterocycles. The number of likely N-dealkylation sites (tertiary alicyclic amines) is 2. The predicted octanol–water partition coefficient (Wildman–Crippen LogP) is 4.30. The molecule has 32 heavy (non-hydrogen) atoms. The number of benzene rings is 2. The highest BCUT2D eigenvalue weighted by Crippen LogP contribution is 2.44. The number of hydrogen-bond donors (Lipinski definition) is 1. The van der Waals surface area contributed by atoms with Crippen molar-refractivity contribution in [2.45, 2.75) is 6.04 Å². The molecule has 3 aromatic rings. The molecular formula is C24H28Cl2N4O2. The summed E-state index contributed by atoms with van der Waals surface area (Å²) in [6.07, 6.45) is 1.61. The zero-order valence-corrected chi connectivity index (χ0v) is 19.7. The zero-order chi connectivity index (χ0) is 20.7. The fourth-order valence-corrected chi connectivity index (χ4v) is 5.16. The Hall–Kier alpha value is -2.54. The number of carbonyl (C=O) groups is 1. The fraction of sp³-hybridized carbons (Fsp3) is 0.333. The number of aromatic nitrogens is 2. The summed E-state index contributed by atoms with van der Waals surface area (Å²) in [5.41, 5.74) is 3.54. The van der Waals surface area contributed by atoms with E-state index in [9.17, 15) is 4.79 Å². The van der Waals surface area contributed by atoms with Crippen LogP contribution in [0.15, 0.2) is 60.9 Å². The van der Waals surface area contributed by atoms with E-state index in [0.29, 0.717) is 23.6 Å². The van der Waals surface area contributed by atoms with Crippen molar-refractivity contribution in [1.29, 1.82) is 0 Å². The zero-order valence-electron chi connectivity index (χ0n) is 18.1. The SMILES string of the molecule is COc1ccc([C@@H]2[C@@H]3CN(C(=O)c4[nH]cnc4-c4ccccc4)C[C@@H]3CN2C)cc1.Cl.Cl. The van der Waals surface area contributed by atoms with Crippen molar-refractivity contribution in [1.82, 2.24) is 19.8 Å². The fourth-order valence-electron chi connectivity index (χ4n) is 5.16. The molecule has 5 rings (SSSR count). The van der Waals surface area contributed by atoms with Crippen LogP contribution in [0.2, 0.25) is 0 Å². The second-order valence-electron chi connectivity index (χ2n) is 8.28. The van der Waals surface area contributed by atoms with Crippen LogP contribution in [0.4, 0.5) is 0 Å². The second-order valence-corrected chi connectivity index (χ2v) is 8.28. The number of carbonyl (C=O) groups excluding carboxylic acids is 1. The van der Waals surface area contributed by atoms with Gasteiger partial charge in [0.15, 0.2) is 0 Å². The third kappa shape index (κ3) is 4.22. The van der Waals surface area contributed by atoms with Gasteiger partial charge in [-0.3, -0.25) is 9.69 Å². The number of H-pyrrole nitrogens is 1. The number of fused-ring (bicyclic) bond motifs is 1. The minimum atomic E-state index is 0. The molecule has 0 unspecified atom stereocenters. The Morgan fingerprint density at radius 1 is 1.03 bits per heavy atom. The molecule has 8 heteroatoms. The molecule has 2 fully saturated rings. The molecule has 3 atom stereocenters. The summed E-state index contributed by atoms with van der Waals surface area (Å²) in [5, 5.41) is 0. The van der Waals surface area contributed by atoms with Gasteiger partial charge in [-0.05, 0) is 30.7 Å². The number of hydrogen-bond acceptors (Lipinski definition) is 4. The van der Waals surface area contributed by atoms with E-state index in [-0.39, 0.29) is 30.7 Å². The van der Waals surface area contributed by atoms with Crippen LogP contribution in [0.3, 0.4) is 0 Å². The molecule has 1 amide bonds. The number of nitrogens with one attached hydrogen (secondary N) is 1. The summed E-state index contributed by atoms with van der Waals surface area (Å²) in [6.45, 7) is 2.55. The molecular weight excluding hydrogens is 447 g/mol. The van der Waals surface area contributed by atoms with Crippen LogP contribution in [0.25, 0.3) is 11.3 Å². The first-order valence-electron chi connectivity index (χ1n) is 10.4. The van der Waals surface area contributed by atoms with Gasteiger partial charge in [-0.2, -0.15) is 0 Å². The molecule has 1 N–H and O–H groups in total. The lowest BCUT2D eigenvalue weighted by Gasteiger charge is -2.27. The Balaban J connectivity index is 0.00000144. The van der Waals surface area contributed by atoms with Crippen LogP contribution >= 0.6 is 24.8 Å². The first kappa shape index (κ1) is 24.1. The summed E-state index contributed by atoms with van der Waals surface area (Å²) in [6, 6.07) is 18.5. The van der Waals surface area contributed by atoms with E-state index in [2.05, 4.69) is 34.0 Å². The van der Waals surface area contributed by atoms with E-state index in [1.54, 1.807) is 13.4 Å². The quantitative estimate of drug-likeness (QED) is 0.611. The summed E-state index contributed by atoms with van der Waals surface area (Å²) in [7, 11) is 3.87. The molecule has 0 aliphatic carbocycles. The van der Waals surface area contributed by atoms with Gasteiger partial charge in [0.25, 0.3) is 5.91 Å². The van der Waals surface area contributed by atoms with E-state index in [1.807, 2.05) is 47.4 Å². The lowest BCUT2D eigenvalue weighted by molar-refractivity contribution is 0.0763. The van der Waals surface area contributed by atoms with Gasteiger partial charge in [-0.25, -0.2) is 4.98 Å². The van der Waals surface area contributed by atoms with Gasteiger partial charge in [0.1, 0.15) is 17.1 Å². The van der Waals surface area contributed by atoms with Crippen molar-refractivity contribution in [3.63, 3.8) is 0 Å². The normalized spacial score (nSPS) is 22.1. The van der Waals surface area contributed by atoms with E-state index in [4.69, 9.17) is 4.74 Å². The number of imidazole rings is 1. The molecule has 2 aromatic carbocycles. The third-order valence-corrected chi connectivity index (χ3v) is 6.54. The van der Waals surface area contributed by atoms with Crippen molar-refractivity contribution in [3.8, 4) is 17.0 Å². The van der Waals surface area contributed by atoms with Gasteiger partial charge in [0.05, 0.1) is 13.4 Å². The Kier molecular flexibility index (Phi) is 7.49. The topological polar surface area (TPSA) is 61.5 Å². The minimum absolute atomic E-state index is 0. The molecule has 3 heterocycles. The highest BCUT2D eigenvalue weighted by atomic mass is 35.5. The third-order valence-electron chi connectivity index (χ3n) is 6.54. The van der Waals surface area contributed by atoms with E-state index in [1.165, 1.54) is 5.56 Å². The number of methoxy groups -OCH3 is 1. The predicted molar refractivity (Wildman–Crippen MR) is 130 cm³/mol. The Morgan fingerprint density at radius 3 is 2.44 bits per heavy atom. The van der Waals surface area contributed by atoms with Gasteiger partial charge in [-0.1, -0.05) is 42.5 Å². The number of ether oxygens (including phenoxy) is 1. The van der Waals surface area contributed by atoms with Crippen LogP contribution < -0.4 is 4.74 Å². The molecule has 0 saturated carbocycles. The maximum absolute atomic E-state index is 13.4. The Bertz CT molecular complexity index is 1040. The first-order chi connectivity index (χ1) is 14.7. The van der Waals surface area contributed by atoms with Crippen LogP contribution in [0.5, 0.6) is 5.75 Å².